The number of carbonyl (C=O) groups excluding carboxylic acids is 1. The van der Waals surface area contributed by atoms with Crippen molar-refractivity contribution >= 4 is 28.8 Å². The number of fused-ring (bicyclic) bond motifs is 3. The molecule has 0 bridgehead atoms. The van der Waals surface area contributed by atoms with E-state index in [0.29, 0.717) is 12.5 Å². The van der Waals surface area contributed by atoms with Gasteiger partial charge in [-0.2, -0.15) is 5.10 Å². The van der Waals surface area contributed by atoms with Crippen molar-refractivity contribution in [2.75, 3.05) is 29.9 Å². The summed E-state index contributed by atoms with van der Waals surface area (Å²) in [5.74, 6) is 2.02. The molecule has 5 rings (SSSR count). The first kappa shape index (κ1) is 17.1. The number of nitrogens with zero attached hydrogens (tertiary/aromatic N) is 2. The SMILES string of the molecule is CC1C(=O)NN=C2COc3cc(Nc4ccccc4)c(CC4CNC4)cc3N21. The van der Waals surface area contributed by atoms with Crippen molar-refractivity contribution in [1.29, 1.82) is 0 Å². The van der Waals surface area contributed by atoms with Gasteiger partial charge in [-0.25, -0.2) is 5.43 Å². The van der Waals surface area contributed by atoms with Crippen molar-refractivity contribution in [3.63, 3.8) is 0 Å². The van der Waals surface area contributed by atoms with Gasteiger partial charge in [-0.15, -0.1) is 0 Å². The average Bonchev–Trinajstić information content (AvgIpc) is 2.68. The Bertz CT molecular complexity index is 939. The predicted molar refractivity (Wildman–Crippen MR) is 109 cm³/mol. The Balaban J connectivity index is 1.56. The Morgan fingerprint density at radius 2 is 2.07 bits per heavy atom. The van der Waals surface area contributed by atoms with Gasteiger partial charge in [0.25, 0.3) is 5.91 Å². The number of anilines is 3. The second kappa shape index (κ2) is 6.83. The lowest BCUT2D eigenvalue weighted by atomic mass is 9.92. The standard InChI is InChI=1S/C21H23N5O2/c1-13-21(27)25-24-20-12-28-19-9-17(23-16-5-3-2-4-6-16)15(7-14-10-22-11-14)8-18(19)26(13)20/h2-6,8-9,13-14,22-23H,7,10-12H2,1H3,(H,25,27). The second-order valence-electron chi connectivity index (χ2n) is 7.54. The lowest BCUT2D eigenvalue weighted by Crippen LogP contribution is -2.55. The van der Waals surface area contributed by atoms with Crippen LogP contribution in [0.3, 0.4) is 0 Å². The van der Waals surface area contributed by atoms with Gasteiger partial charge >= 0.3 is 0 Å². The number of hydrogen-bond acceptors (Lipinski definition) is 6. The number of hydrazone groups is 1. The Hall–Kier alpha value is -3.06. The topological polar surface area (TPSA) is 78.0 Å². The number of para-hydroxylation sites is 1. The number of rotatable bonds is 4. The molecule has 0 aliphatic carbocycles. The van der Waals surface area contributed by atoms with Crippen molar-refractivity contribution in [2.45, 2.75) is 19.4 Å². The fourth-order valence-corrected chi connectivity index (χ4v) is 3.88. The van der Waals surface area contributed by atoms with E-state index in [4.69, 9.17) is 4.74 Å². The van der Waals surface area contributed by atoms with Gasteiger partial charge in [0, 0.05) is 17.4 Å². The minimum Gasteiger partial charge on any atom is -0.483 e. The number of benzene rings is 2. The van der Waals surface area contributed by atoms with E-state index < -0.39 is 0 Å². The third-order valence-corrected chi connectivity index (χ3v) is 5.57. The summed E-state index contributed by atoms with van der Waals surface area (Å²) < 4.78 is 5.98. The maximum atomic E-state index is 12.2. The average molecular weight is 377 g/mol. The van der Waals surface area contributed by atoms with Crippen molar-refractivity contribution in [3.8, 4) is 5.75 Å². The van der Waals surface area contributed by atoms with E-state index in [1.165, 1.54) is 5.56 Å². The van der Waals surface area contributed by atoms with Crippen LogP contribution in [0.1, 0.15) is 12.5 Å². The van der Waals surface area contributed by atoms with E-state index in [9.17, 15) is 4.79 Å². The van der Waals surface area contributed by atoms with Crippen molar-refractivity contribution in [2.24, 2.45) is 11.0 Å². The maximum absolute atomic E-state index is 12.2. The molecule has 3 heterocycles. The molecule has 0 saturated carbocycles. The zero-order valence-corrected chi connectivity index (χ0v) is 15.7. The third kappa shape index (κ3) is 2.97. The highest BCUT2D eigenvalue weighted by Gasteiger charge is 2.36. The van der Waals surface area contributed by atoms with Gasteiger partial charge in [-0.1, -0.05) is 18.2 Å². The number of ether oxygens (including phenoxy) is 1. The second-order valence-corrected chi connectivity index (χ2v) is 7.54. The van der Waals surface area contributed by atoms with Crippen LogP contribution in [-0.2, 0) is 11.2 Å². The van der Waals surface area contributed by atoms with Gasteiger partial charge in [0.2, 0.25) is 0 Å². The van der Waals surface area contributed by atoms with Crippen molar-refractivity contribution in [1.82, 2.24) is 10.7 Å². The summed E-state index contributed by atoms with van der Waals surface area (Å²) in [5, 5.41) is 11.1. The molecule has 1 saturated heterocycles. The number of hydrogen-bond donors (Lipinski definition) is 3. The summed E-state index contributed by atoms with van der Waals surface area (Å²) in [6.45, 7) is 4.31. The Labute approximate surface area is 163 Å². The zero-order chi connectivity index (χ0) is 19.1. The van der Waals surface area contributed by atoms with Crippen LogP contribution in [0, 0.1) is 5.92 Å². The van der Waals surface area contributed by atoms with E-state index in [0.717, 1.165) is 48.2 Å². The van der Waals surface area contributed by atoms with Gasteiger partial charge in [0.1, 0.15) is 18.4 Å². The predicted octanol–water partition coefficient (Wildman–Crippen LogP) is 2.22. The van der Waals surface area contributed by atoms with Crippen LogP contribution in [0.25, 0.3) is 0 Å². The number of amidine groups is 1. The Morgan fingerprint density at radius 3 is 2.82 bits per heavy atom. The fourth-order valence-electron chi connectivity index (χ4n) is 3.88. The van der Waals surface area contributed by atoms with E-state index in [1.54, 1.807) is 0 Å². The quantitative estimate of drug-likeness (QED) is 0.762. The highest BCUT2D eigenvalue weighted by molar-refractivity contribution is 6.09. The van der Waals surface area contributed by atoms with Crippen LogP contribution in [0.15, 0.2) is 47.6 Å². The molecule has 3 aliphatic rings. The van der Waals surface area contributed by atoms with Crippen LogP contribution < -0.4 is 25.7 Å². The molecule has 3 aliphatic heterocycles. The minimum absolute atomic E-state index is 0.104. The van der Waals surface area contributed by atoms with E-state index >= 15 is 0 Å². The summed E-state index contributed by atoms with van der Waals surface area (Å²) >= 11 is 0. The molecule has 0 radical (unpaired) electrons. The number of nitrogens with one attached hydrogen (secondary N) is 3. The molecule has 2 aromatic rings. The molecule has 1 atom stereocenters. The number of carbonyl (C=O) groups is 1. The van der Waals surface area contributed by atoms with E-state index in [2.05, 4.69) is 45.4 Å². The molecule has 3 N–H and O–H groups in total. The zero-order valence-electron chi connectivity index (χ0n) is 15.7. The first-order valence-corrected chi connectivity index (χ1v) is 9.67. The summed E-state index contributed by atoms with van der Waals surface area (Å²) in [6.07, 6.45) is 0.969. The molecule has 0 spiro atoms. The van der Waals surface area contributed by atoms with Crippen molar-refractivity contribution in [3.05, 3.63) is 48.0 Å². The lowest BCUT2D eigenvalue weighted by molar-refractivity contribution is -0.122. The van der Waals surface area contributed by atoms with Gasteiger partial charge in [0.05, 0.1) is 5.69 Å². The molecule has 1 fully saturated rings. The normalized spacial score (nSPS) is 20.9. The van der Waals surface area contributed by atoms with E-state index in [1.807, 2.05) is 30.0 Å². The third-order valence-electron chi connectivity index (χ3n) is 5.57. The lowest BCUT2D eigenvalue weighted by Gasteiger charge is -2.39. The minimum atomic E-state index is -0.318. The van der Waals surface area contributed by atoms with Crippen LogP contribution in [-0.4, -0.2) is 37.5 Å². The largest absolute Gasteiger partial charge is 0.483 e. The molecular formula is C21H23N5O2. The first-order valence-electron chi connectivity index (χ1n) is 9.67. The van der Waals surface area contributed by atoms with Gasteiger partial charge in [-0.3, -0.25) is 4.79 Å². The van der Waals surface area contributed by atoms with Crippen molar-refractivity contribution < 1.29 is 9.53 Å². The molecule has 1 unspecified atom stereocenters. The Morgan fingerprint density at radius 1 is 1.25 bits per heavy atom. The first-order chi connectivity index (χ1) is 13.7. The van der Waals surface area contributed by atoms with Crippen LogP contribution in [0.5, 0.6) is 5.75 Å². The fraction of sp³-hybridized carbons (Fsp3) is 0.333. The molecule has 7 heteroatoms. The molecule has 0 aromatic heterocycles. The van der Waals surface area contributed by atoms with Gasteiger partial charge < -0.3 is 20.3 Å². The van der Waals surface area contributed by atoms with E-state index in [-0.39, 0.29) is 11.9 Å². The molecule has 7 nitrogen and oxygen atoms in total. The summed E-state index contributed by atoms with van der Waals surface area (Å²) in [7, 11) is 0. The maximum Gasteiger partial charge on any atom is 0.262 e. The Kier molecular flexibility index (Phi) is 4.16. The molecule has 144 valence electrons. The van der Waals surface area contributed by atoms with Crippen LogP contribution in [0.4, 0.5) is 17.1 Å². The van der Waals surface area contributed by atoms with Crippen LogP contribution in [0.2, 0.25) is 0 Å². The smallest absolute Gasteiger partial charge is 0.262 e. The number of amides is 1. The monoisotopic (exact) mass is 377 g/mol. The van der Waals surface area contributed by atoms with Gasteiger partial charge in [0.15, 0.2) is 5.84 Å². The molecule has 2 aromatic carbocycles. The molecular weight excluding hydrogens is 354 g/mol. The van der Waals surface area contributed by atoms with Crippen LogP contribution >= 0.6 is 0 Å². The van der Waals surface area contributed by atoms with Gasteiger partial charge in [-0.05, 0) is 56.1 Å². The highest BCUT2D eigenvalue weighted by atomic mass is 16.5. The summed E-state index contributed by atoms with van der Waals surface area (Å²) in [4.78, 5) is 14.2. The summed E-state index contributed by atoms with van der Waals surface area (Å²) in [6, 6.07) is 14.0. The summed E-state index contributed by atoms with van der Waals surface area (Å²) in [5.41, 5.74) is 6.80. The molecule has 28 heavy (non-hydrogen) atoms. The highest BCUT2D eigenvalue weighted by Crippen LogP contribution is 2.40. The molecule has 1 amide bonds.